The minimum atomic E-state index is -6.03. The van der Waals surface area contributed by atoms with Gasteiger partial charge in [0.1, 0.15) is 16.4 Å². The lowest BCUT2D eigenvalue weighted by atomic mass is 9.72. The minimum Gasteiger partial charge on any atom is -0.456 e. The number of piperidine rings is 1. The number of aromatic nitrogens is 1. The molecule has 0 saturated carbocycles. The number of sulfone groups is 1. The summed E-state index contributed by atoms with van der Waals surface area (Å²) < 4.78 is 104. The van der Waals surface area contributed by atoms with Crippen molar-refractivity contribution in [1.29, 1.82) is 0 Å². The van der Waals surface area contributed by atoms with E-state index in [1.165, 1.54) is 22.8 Å². The third-order valence-corrected chi connectivity index (χ3v) is 15.7. The molecule has 1 amide bonds. The number of rotatable bonds is 12. The molecule has 65 heavy (non-hydrogen) atoms. The summed E-state index contributed by atoms with van der Waals surface area (Å²) in [5.74, 6) is -0.360. The molecule has 18 heteroatoms. The van der Waals surface area contributed by atoms with Gasteiger partial charge < -0.3 is 20.0 Å². The van der Waals surface area contributed by atoms with Crippen LogP contribution in [0.15, 0.2) is 106 Å². The van der Waals surface area contributed by atoms with Crippen molar-refractivity contribution in [2.75, 3.05) is 56.1 Å². The molecule has 2 fully saturated rings. The average molecular weight is 954 g/mol. The summed E-state index contributed by atoms with van der Waals surface area (Å²) in [6.45, 7) is 11.2. The van der Waals surface area contributed by atoms with E-state index in [4.69, 9.17) is 16.3 Å². The first-order valence-corrected chi connectivity index (χ1v) is 25.0. The Morgan fingerprint density at radius 3 is 2.32 bits per heavy atom. The van der Waals surface area contributed by atoms with E-state index in [9.17, 15) is 34.8 Å². The third-order valence-electron chi connectivity index (χ3n) is 12.6. The van der Waals surface area contributed by atoms with E-state index in [0.29, 0.717) is 48.9 Å². The summed E-state index contributed by atoms with van der Waals surface area (Å²) in [4.78, 5) is 19.6. The second-order valence-corrected chi connectivity index (χ2v) is 22.1. The fraction of sp³-hybridized carbons (Fsp3) is 0.383. The van der Waals surface area contributed by atoms with Gasteiger partial charge in [-0.2, -0.15) is 13.2 Å². The van der Waals surface area contributed by atoms with Crippen LogP contribution < -0.4 is 19.8 Å². The number of nitrogens with zero attached hydrogens (tertiary/aromatic N) is 3. The van der Waals surface area contributed by atoms with Crippen molar-refractivity contribution in [3.8, 4) is 11.5 Å². The van der Waals surface area contributed by atoms with Gasteiger partial charge in [0, 0.05) is 79.7 Å². The third kappa shape index (κ3) is 10.5. The number of carbonyl (C=O) groups excluding carboxylic acids is 1. The van der Waals surface area contributed by atoms with E-state index in [0.717, 1.165) is 80.5 Å². The van der Waals surface area contributed by atoms with Gasteiger partial charge in [0.25, 0.3) is 25.8 Å². The van der Waals surface area contributed by atoms with E-state index >= 15 is 0 Å². The lowest BCUT2D eigenvalue weighted by Crippen LogP contribution is -2.47. The number of hydrogen-bond donors (Lipinski definition) is 3. The van der Waals surface area contributed by atoms with Crippen molar-refractivity contribution < 1.29 is 39.5 Å². The van der Waals surface area contributed by atoms with Crippen LogP contribution in [0.3, 0.4) is 0 Å². The van der Waals surface area contributed by atoms with E-state index in [-0.39, 0.29) is 16.7 Å². The molecule has 0 unspecified atom stereocenters. The molecule has 12 nitrogen and oxygen atoms in total. The van der Waals surface area contributed by atoms with Crippen LogP contribution in [0.2, 0.25) is 5.02 Å². The molecule has 1 aliphatic carbocycles. The first-order valence-electron chi connectivity index (χ1n) is 21.6. The zero-order valence-electron chi connectivity index (χ0n) is 36.3. The number of sulfonamides is 1. The van der Waals surface area contributed by atoms with Gasteiger partial charge in [0.2, 0.25) is 0 Å². The van der Waals surface area contributed by atoms with Crippen LogP contribution in [0.5, 0.6) is 11.5 Å². The summed E-state index contributed by atoms with van der Waals surface area (Å²) in [7, 11) is -11.0. The van der Waals surface area contributed by atoms with Crippen LogP contribution in [-0.2, 0) is 19.9 Å². The summed E-state index contributed by atoms with van der Waals surface area (Å²) in [5, 5.41) is 3.12. The van der Waals surface area contributed by atoms with Crippen LogP contribution in [0.25, 0.3) is 16.5 Å². The number of ether oxygens (including phenoxy) is 1. The Kier molecular flexibility index (Phi) is 13.1. The van der Waals surface area contributed by atoms with Crippen molar-refractivity contribution in [1.82, 2.24) is 19.6 Å². The predicted octanol–water partition coefficient (Wildman–Crippen LogP) is 9.87. The smallest absolute Gasteiger partial charge is 0.456 e. The zero-order valence-corrected chi connectivity index (χ0v) is 38.7. The van der Waals surface area contributed by atoms with Crippen LogP contribution in [0.4, 0.5) is 24.5 Å². The fourth-order valence-corrected chi connectivity index (χ4v) is 10.9. The van der Waals surface area contributed by atoms with Crippen molar-refractivity contribution in [2.24, 2.45) is 11.3 Å². The molecule has 2 aliphatic heterocycles. The molecule has 3 aliphatic rings. The zero-order chi connectivity index (χ0) is 46.3. The van der Waals surface area contributed by atoms with Gasteiger partial charge >= 0.3 is 5.51 Å². The second kappa shape index (κ2) is 18.3. The van der Waals surface area contributed by atoms with Gasteiger partial charge in [0.05, 0.1) is 16.1 Å². The molecule has 0 spiro atoms. The Morgan fingerprint density at radius 1 is 0.892 bits per heavy atom. The Labute approximate surface area is 382 Å². The largest absolute Gasteiger partial charge is 0.501 e. The Hall–Kier alpha value is -5.07. The Morgan fingerprint density at radius 2 is 1.62 bits per heavy atom. The number of benzene rings is 4. The molecule has 346 valence electrons. The predicted molar refractivity (Wildman–Crippen MR) is 247 cm³/mol. The molecule has 1 aromatic heterocycles. The number of hydrogen-bond acceptors (Lipinski definition) is 10. The average Bonchev–Trinajstić information content (AvgIpc) is 3.73. The molecule has 3 heterocycles. The first-order chi connectivity index (χ1) is 30.7. The molecule has 3 N–H and O–H groups in total. The van der Waals surface area contributed by atoms with E-state index < -0.39 is 46.8 Å². The Bertz CT molecular complexity index is 2830. The van der Waals surface area contributed by atoms with Crippen molar-refractivity contribution in [3.63, 3.8) is 0 Å². The number of anilines is 2. The van der Waals surface area contributed by atoms with Gasteiger partial charge in [0.15, 0.2) is 0 Å². The SMILES string of the molecule is CC1CCN(Nc2ccc(S(=O)(=O)NC(=O)c3ccc(N4CCN(CC5=C(c6ccc(Cl)cc6)CC(C)(C)CC5)CC4)cc3Oc3ccc4[nH]ccc4c3)cc2S(=O)(=O)C(F)(F)F)CC1. The number of H-pyrrole nitrogens is 1. The number of fused-ring (bicyclic) bond motifs is 1. The number of aromatic amines is 1. The highest BCUT2D eigenvalue weighted by molar-refractivity contribution is 7.92. The number of alkyl halides is 3. The molecule has 0 radical (unpaired) electrons. The van der Waals surface area contributed by atoms with Gasteiger partial charge in [-0.1, -0.05) is 50.1 Å². The number of nitrogens with one attached hydrogen (secondary N) is 3. The van der Waals surface area contributed by atoms with Crippen LogP contribution in [0.1, 0.15) is 68.8 Å². The molecule has 8 rings (SSSR count). The Balaban J connectivity index is 1.04. The van der Waals surface area contributed by atoms with E-state index in [1.807, 2.05) is 29.8 Å². The van der Waals surface area contributed by atoms with Gasteiger partial charge in [-0.05, 0) is 121 Å². The molecule has 4 aromatic carbocycles. The molecule has 5 aromatic rings. The van der Waals surface area contributed by atoms with Crippen LogP contribution >= 0.6 is 11.6 Å². The first kappa shape index (κ1) is 46.5. The summed E-state index contributed by atoms with van der Waals surface area (Å²) in [5.41, 5.74) is 2.16. The van der Waals surface area contributed by atoms with Crippen molar-refractivity contribution in [2.45, 2.75) is 68.2 Å². The van der Waals surface area contributed by atoms with E-state index in [1.54, 1.807) is 41.5 Å². The van der Waals surface area contributed by atoms with Crippen molar-refractivity contribution in [3.05, 3.63) is 113 Å². The maximum Gasteiger partial charge on any atom is 0.501 e. The number of piperazine rings is 1. The lowest BCUT2D eigenvalue weighted by Gasteiger charge is -2.39. The highest BCUT2D eigenvalue weighted by atomic mass is 35.5. The fourth-order valence-electron chi connectivity index (χ4n) is 8.74. The summed E-state index contributed by atoms with van der Waals surface area (Å²) in [6, 6.07) is 22.3. The maximum absolute atomic E-state index is 14.0. The highest BCUT2D eigenvalue weighted by Gasteiger charge is 2.48. The second-order valence-electron chi connectivity index (χ2n) is 18.0. The van der Waals surface area contributed by atoms with Crippen LogP contribution in [-0.4, -0.2) is 89.0 Å². The number of amides is 1. The lowest BCUT2D eigenvalue weighted by molar-refractivity contribution is -0.0436. The highest BCUT2D eigenvalue weighted by Crippen LogP contribution is 2.44. The van der Waals surface area contributed by atoms with Crippen molar-refractivity contribution >= 4 is 65.2 Å². The number of allylic oxidation sites excluding steroid dienone is 1. The topological polar surface area (TPSA) is 144 Å². The van der Waals surface area contributed by atoms with Gasteiger partial charge in [-0.3, -0.25) is 9.69 Å². The minimum absolute atomic E-state index is 0.0332. The van der Waals surface area contributed by atoms with Crippen LogP contribution in [0, 0.1) is 11.3 Å². The number of halogens is 4. The normalized spacial score (nSPS) is 18.2. The molecule has 0 atom stereocenters. The standard InChI is InChI=1S/C47H52ClF3N6O6S2/c1-31-16-20-57(21-17-31)53-42-13-10-38(28-44(42)64(59,60)47(49,50)51)65(61,62)54-45(58)39-11-8-36(27-43(39)63-37-9-12-41-33(26-37)15-19-52-41)56-24-22-55(23-25-56)30-34-14-18-46(2,3)29-40(34)32-4-6-35(48)7-5-32/h4-13,15,19,26-28,31,52-53H,14,16-18,20-25,29-30H2,1-3H3,(H,54,58). The molecule has 0 bridgehead atoms. The molecule has 2 saturated heterocycles. The summed E-state index contributed by atoms with van der Waals surface area (Å²) >= 11 is 6.23. The quantitative estimate of drug-likeness (QED) is 0.111. The molecular formula is C47H52ClF3N6O6S2. The number of hydrazine groups is 1. The monoisotopic (exact) mass is 952 g/mol. The van der Waals surface area contributed by atoms with Gasteiger partial charge in [-0.15, -0.1) is 0 Å². The summed E-state index contributed by atoms with van der Waals surface area (Å²) in [6.07, 6.45) is 6.30. The number of carbonyl (C=O) groups is 1. The van der Waals surface area contributed by atoms with Gasteiger partial charge in [-0.25, -0.2) is 26.6 Å². The molecular weight excluding hydrogens is 901 g/mol. The maximum atomic E-state index is 14.0. The van der Waals surface area contributed by atoms with E-state index in [2.05, 4.69) is 46.2 Å².